The van der Waals surface area contributed by atoms with Crippen molar-refractivity contribution in [3.63, 3.8) is 0 Å². The van der Waals surface area contributed by atoms with Gasteiger partial charge in [-0.05, 0) is 38.1 Å². The van der Waals surface area contributed by atoms with Crippen LogP contribution in [0.3, 0.4) is 0 Å². The Kier molecular flexibility index (Phi) is 4.59. The quantitative estimate of drug-likeness (QED) is 0.808. The van der Waals surface area contributed by atoms with Crippen molar-refractivity contribution in [1.29, 1.82) is 0 Å². The lowest BCUT2D eigenvalue weighted by atomic mass is 10.1. The number of carbonyl (C=O) groups excluding carboxylic acids is 1. The second kappa shape index (κ2) is 6.49. The zero-order chi connectivity index (χ0) is 16.4. The second-order valence-corrected chi connectivity index (χ2v) is 8.25. The molecule has 0 N–H and O–H groups in total. The molecule has 0 aliphatic carbocycles. The number of hydrogen-bond acceptors (Lipinski definition) is 4. The summed E-state index contributed by atoms with van der Waals surface area (Å²) in [6.45, 7) is 3.65. The van der Waals surface area contributed by atoms with Gasteiger partial charge in [0.1, 0.15) is 0 Å². The number of likely N-dealkylation sites (N-methyl/N-ethyl adjacent to an activating group) is 1. The Hall–Kier alpha value is -1.60. The summed E-state index contributed by atoms with van der Waals surface area (Å²) in [5.74, 6) is 0.165. The van der Waals surface area contributed by atoms with Gasteiger partial charge in [0.25, 0.3) is 5.91 Å². The summed E-state index contributed by atoms with van der Waals surface area (Å²) in [5.41, 5.74) is 1.16. The molecule has 3 rings (SSSR count). The Bertz CT molecular complexity index is 682. The molecule has 1 aromatic rings. The maximum Gasteiger partial charge on any atom is 0.254 e. The molecule has 2 fully saturated rings. The molecule has 126 valence electrons. The van der Waals surface area contributed by atoms with Gasteiger partial charge in [0.15, 0.2) is 0 Å². The van der Waals surface area contributed by atoms with Crippen LogP contribution in [0.1, 0.15) is 23.2 Å². The topological polar surface area (TPSA) is 60.9 Å². The van der Waals surface area contributed by atoms with Crippen LogP contribution in [0.4, 0.5) is 5.69 Å². The maximum atomic E-state index is 12.6. The summed E-state index contributed by atoms with van der Waals surface area (Å²) in [4.78, 5) is 16.7. The van der Waals surface area contributed by atoms with Crippen molar-refractivity contribution in [3.05, 3.63) is 29.8 Å². The smallest absolute Gasteiger partial charge is 0.254 e. The zero-order valence-corrected chi connectivity index (χ0v) is 14.3. The third-order valence-electron chi connectivity index (χ3n) is 4.52. The highest BCUT2D eigenvalue weighted by atomic mass is 32.2. The van der Waals surface area contributed by atoms with E-state index in [1.165, 1.54) is 4.31 Å². The minimum absolute atomic E-state index is 0.0191. The number of sulfonamides is 1. The van der Waals surface area contributed by atoms with Crippen LogP contribution in [0.15, 0.2) is 24.3 Å². The molecule has 23 heavy (non-hydrogen) atoms. The van der Waals surface area contributed by atoms with Gasteiger partial charge in [-0.3, -0.25) is 9.10 Å². The summed E-state index contributed by atoms with van der Waals surface area (Å²) in [6, 6.07) is 7.01. The second-order valence-electron chi connectivity index (χ2n) is 6.24. The molecule has 0 radical (unpaired) electrons. The first-order chi connectivity index (χ1) is 11.0. The van der Waals surface area contributed by atoms with Gasteiger partial charge in [0.2, 0.25) is 10.0 Å². The van der Waals surface area contributed by atoms with E-state index in [2.05, 4.69) is 4.90 Å². The average Bonchev–Trinajstić information content (AvgIpc) is 2.54. The molecule has 2 heterocycles. The molecule has 1 amide bonds. The van der Waals surface area contributed by atoms with Gasteiger partial charge in [-0.1, -0.05) is 6.07 Å². The Labute approximate surface area is 137 Å². The van der Waals surface area contributed by atoms with E-state index in [4.69, 9.17) is 0 Å². The lowest BCUT2D eigenvalue weighted by Crippen LogP contribution is -2.47. The van der Waals surface area contributed by atoms with Gasteiger partial charge in [0, 0.05) is 38.3 Å². The predicted octanol–water partition coefficient (Wildman–Crippen LogP) is 1.00. The van der Waals surface area contributed by atoms with E-state index >= 15 is 0 Å². The number of rotatable bonds is 2. The molecule has 1 aromatic carbocycles. The van der Waals surface area contributed by atoms with Crippen molar-refractivity contribution in [1.82, 2.24) is 9.80 Å². The van der Waals surface area contributed by atoms with Crippen LogP contribution >= 0.6 is 0 Å². The minimum atomic E-state index is -3.25. The van der Waals surface area contributed by atoms with Crippen molar-refractivity contribution >= 4 is 21.6 Å². The van der Waals surface area contributed by atoms with E-state index in [0.717, 1.165) is 19.5 Å². The Morgan fingerprint density at radius 2 is 1.78 bits per heavy atom. The molecular weight excluding hydrogens is 314 g/mol. The molecule has 0 unspecified atom stereocenters. The van der Waals surface area contributed by atoms with Crippen LogP contribution in [0, 0.1) is 0 Å². The van der Waals surface area contributed by atoms with Crippen molar-refractivity contribution in [3.8, 4) is 0 Å². The lowest BCUT2D eigenvalue weighted by molar-refractivity contribution is 0.0664. The molecule has 2 aliphatic heterocycles. The van der Waals surface area contributed by atoms with E-state index in [0.29, 0.717) is 37.3 Å². The number of nitrogens with zero attached hydrogens (tertiary/aromatic N) is 3. The van der Waals surface area contributed by atoms with Crippen LogP contribution in [0.5, 0.6) is 0 Å². The van der Waals surface area contributed by atoms with Crippen molar-refractivity contribution in [2.45, 2.75) is 12.8 Å². The van der Waals surface area contributed by atoms with Crippen LogP contribution in [-0.4, -0.2) is 69.6 Å². The number of benzene rings is 1. The van der Waals surface area contributed by atoms with Crippen LogP contribution < -0.4 is 4.31 Å². The van der Waals surface area contributed by atoms with Gasteiger partial charge in [-0.15, -0.1) is 0 Å². The highest BCUT2D eigenvalue weighted by Gasteiger charge is 2.27. The number of amides is 1. The Balaban J connectivity index is 1.81. The Morgan fingerprint density at radius 3 is 2.48 bits per heavy atom. The summed E-state index contributed by atoms with van der Waals surface area (Å²) >= 11 is 0. The lowest BCUT2D eigenvalue weighted by Gasteiger charge is -2.33. The third kappa shape index (κ3) is 3.50. The molecule has 2 aliphatic rings. The maximum absolute atomic E-state index is 12.6. The summed E-state index contributed by atoms with van der Waals surface area (Å²) in [7, 11) is -1.20. The van der Waals surface area contributed by atoms with E-state index in [-0.39, 0.29) is 11.7 Å². The van der Waals surface area contributed by atoms with Crippen molar-refractivity contribution in [2.24, 2.45) is 0 Å². The van der Waals surface area contributed by atoms with Gasteiger partial charge in [0.05, 0.1) is 11.4 Å². The highest BCUT2D eigenvalue weighted by Crippen LogP contribution is 2.25. The number of carbonyl (C=O) groups is 1. The van der Waals surface area contributed by atoms with Gasteiger partial charge in [-0.2, -0.15) is 0 Å². The molecule has 0 atom stereocenters. The van der Waals surface area contributed by atoms with Crippen LogP contribution in [0.25, 0.3) is 0 Å². The monoisotopic (exact) mass is 337 g/mol. The number of piperazine rings is 1. The van der Waals surface area contributed by atoms with Crippen molar-refractivity contribution < 1.29 is 13.2 Å². The third-order valence-corrected chi connectivity index (χ3v) is 6.39. The number of anilines is 1. The van der Waals surface area contributed by atoms with Crippen LogP contribution in [0.2, 0.25) is 0 Å². The molecule has 7 heteroatoms. The van der Waals surface area contributed by atoms with Crippen LogP contribution in [-0.2, 0) is 10.0 Å². The Morgan fingerprint density at radius 1 is 1.04 bits per heavy atom. The largest absolute Gasteiger partial charge is 0.336 e. The van der Waals surface area contributed by atoms with Crippen molar-refractivity contribution in [2.75, 3.05) is 49.8 Å². The fraction of sp³-hybridized carbons (Fsp3) is 0.562. The standard InChI is InChI=1S/C16H23N3O3S/c1-17-8-10-18(11-9-17)16(20)14-5-4-6-15(13-14)19-7-2-3-12-23(19,21)22/h4-6,13H,2-3,7-12H2,1H3. The molecule has 0 spiro atoms. The summed E-state index contributed by atoms with van der Waals surface area (Å²) in [5, 5.41) is 0. The average molecular weight is 337 g/mol. The first kappa shape index (κ1) is 16.3. The highest BCUT2D eigenvalue weighted by molar-refractivity contribution is 7.92. The predicted molar refractivity (Wildman–Crippen MR) is 90.2 cm³/mol. The van der Waals surface area contributed by atoms with E-state index in [9.17, 15) is 13.2 Å². The summed E-state index contributed by atoms with van der Waals surface area (Å²) in [6.07, 6.45) is 1.56. The minimum Gasteiger partial charge on any atom is -0.336 e. The molecular formula is C16H23N3O3S. The fourth-order valence-corrected chi connectivity index (χ4v) is 4.70. The van der Waals surface area contributed by atoms with Gasteiger partial charge < -0.3 is 9.80 Å². The fourth-order valence-electron chi connectivity index (χ4n) is 3.07. The molecule has 0 aromatic heterocycles. The molecule has 0 bridgehead atoms. The first-order valence-corrected chi connectivity index (χ1v) is 9.66. The zero-order valence-electron chi connectivity index (χ0n) is 13.4. The normalized spacial score (nSPS) is 22.1. The molecule has 2 saturated heterocycles. The van der Waals surface area contributed by atoms with E-state index in [1.54, 1.807) is 24.3 Å². The molecule has 0 saturated carbocycles. The van der Waals surface area contributed by atoms with Gasteiger partial charge in [-0.25, -0.2) is 8.42 Å². The van der Waals surface area contributed by atoms with Gasteiger partial charge >= 0.3 is 0 Å². The summed E-state index contributed by atoms with van der Waals surface area (Å²) < 4.78 is 25.9. The first-order valence-electron chi connectivity index (χ1n) is 8.06. The van der Waals surface area contributed by atoms with E-state index in [1.807, 2.05) is 11.9 Å². The SMILES string of the molecule is CN1CCN(C(=O)c2cccc(N3CCCCS3(=O)=O)c2)CC1. The molecule has 6 nitrogen and oxygen atoms in total. The van der Waals surface area contributed by atoms with E-state index < -0.39 is 10.0 Å². The number of hydrogen-bond donors (Lipinski definition) is 0.